The number of halogens is 2. The van der Waals surface area contributed by atoms with Gasteiger partial charge in [-0.25, -0.2) is 0 Å². The number of nitrogens with one attached hydrogen (secondary N) is 2. The van der Waals surface area contributed by atoms with E-state index in [1.165, 1.54) is 0 Å². The largest absolute Gasteiger partial charge is 0.496 e. The van der Waals surface area contributed by atoms with Crippen LogP contribution >= 0.6 is 23.2 Å². The Morgan fingerprint density at radius 1 is 1.24 bits per heavy atom. The monoisotopic (exact) mass is 381 g/mol. The number of hydrogen-bond acceptors (Lipinski definition) is 2. The molecule has 0 radical (unpaired) electrons. The second-order valence-electron chi connectivity index (χ2n) is 6.08. The van der Waals surface area contributed by atoms with E-state index in [4.69, 9.17) is 27.9 Å². The maximum atomic E-state index is 12.3. The van der Waals surface area contributed by atoms with Gasteiger partial charge in [0.2, 0.25) is 0 Å². The summed E-state index contributed by atoms with van der Waals surface area (Å²) in [6, 6.07) is 12.9. The molecule has 0 fully saturated rings. The van der Waals surface area contributed by atoms with E-state index in [0.717, 1.165) is 21.8 Å². The standard InChI is InChI=1S/C19H22Cl2N2O2/c1-13(16-6-4-5-7-17(16)21)22-19(24)12-23(2)11-14-10-15(20)8-9-18(14)25-3/h4-10,13H,11-12H2,1-3H3,(H,22,24)/p+1/t13-/m0/s1. The summed E-state index contributed by atoms with van der Waals surface area (Å²) in [4.78, 5) is 13.4. The second kappa shape index (κ2) is 9.09. The van der Waals surface area contributed by atoms with E-state index in [9.17, 15) is 4.79 Å². The SMILES string of the molecule is COc1ccc(Cl)cc1C[NH+](C)CC(=O)N[C@@H](C)c1ccccc1Cl. The van der Waals surface area contributed by atoms with Gasteiger partial charge in [0.05, 0.1) is 20.2 Å². The molecule has 0 aliphatic rings. The first-order valence-corrected chi connectivity index (χ1v) is 8.83. The van der Waals surface area contributed by atoms with Crippen LogP contribution in [0.2, 0.25) is 10.0 Å². The normalized spacial score (nSPS) is 13.2. The van der Waals surface area contributed by atoms with Crippen LogP contribution in [0.25, 0.3) is 0 Å². The van der Waals surface area contributed by atoms with E-state index in [-0.39, 0.29) is 11.9 Å². The zero-order valence-electron chi connectivity index (χ0n) is 14.6. The van der Waals surface area contributed by atoms with Gasteiger partial charge < -0.3 is 15.0 Å². The van der Waals surface area contributed by atoms with Crippen molar-refractivity contribution in [3.8, 4) is 5.75 Å². The van der Waals surface area contributed by atoms with Crippen molar-refractivity contribution in [2.24, 2.45) is 0 Å². The molecule has 2 aromatic carbocycles. The fourth-order valence-electron chi connectivity index (χ4n) is 2.74. The number of hydrogen-bond donors (Lipinski definition) is 2. The van der Waals surface area contributed by atoms with Gasteiger partial charge in [-0.1, -0.05) is 41.4 Å². The molecular weight excluding hydrogens is 359 g/mol. The van der Waals surface area contributed by atoms with Gasteiger partial charge in [-0.05, 0) is 36.8 Å². The summed E-state index contributed by atoms with van der Waals surface area (Å²) in [6.07, 6.45) is 0. The quantitative estimate of drug-likeness (QED) is 0.774. The van der Waals surface area contributed by atoms with Crippen molar-refractivity contribution in [1.82, 2.24) is 5.32 Å². The summed E-state index contributed by atoms with van der Waals surface area (Å²) in [5, 5.41) is 4.30. The summed E-state index contributed by atoms with van der Waals surface area (Å²) in [6.45, 7) is 2.90. The van der Waals surface area contributed by atoms with Crippen molar-refractivity contribution in [2.45, 2.75) is 19.5 Å². The number of carbonyl (C=O) groups is 1. The van der Waals surface area contributed by atoms with Crippen LogP contribution in [0.3, 0.4) is 0 Å². The number of rotatable bonds is 7. The zero-order chi connectivity index (χ0) is 18.4. The Balaban J connectivity index is 1.94. The molecule has 0 aromatic heterocycles. The molecule has 6 heteroatoms. The minimum atomic E-state index is -0.144. The number of likely N-dealkylation sites (N-methyl/N-ethyl adjacent to an activating group) is 1. The number of carbonyl (C=O) groups excluding carboxylic acids is 1. The third kappa shape index (κ3) is 5.63. The lowest BCUT2D eigenvalue weighted by Gasteiger charge is -2.19. The molecule has 2 atom stereocenters. The van der Waals surface area contributed by atoms with E-state index in [1.807, 2.05) is 50.4 Å². The fraction of sp³-hybridized carbons (Fsp3) is 0.316. The summed E-state index contributed by atoms with van der Waals surface area (Å²) in [5.41, 5.74) is 1.88. The van der Waals surface area contributed by atoms with E-state index < -0.39 is 0 Å². The Labute approximate surface area is 158 Å². The van der Waals surface area contributed by atoms with Gasteiger partial charge in [0.25, 0.3) is 5.91 Å². The van der Waals surface area contributed by atoms with E-state index >= 15 is 0 Å². The Kier molecular flexibility index (Phi) is 7.12. The van der Waals surface area contributed by atoms with Crippen LogP contribution in [0.5, 0.6) is 5.75 Å². The Morgan fingerprint density at radius 3 is 2.64 bits per heavy atom. The summed E-state index contributed by atoms with van der Waals surface area (Å²) in [7, 11) is 3.58. The smallest absolute Gasteiger partial charge is 0.275 e. The summed E-state index contributed by atoms with van der Waals surface area (Å²) >= 11 is 12.2. The topological polar surface area (TPSA) is 42.8 Å². The third-order valence-corrected chi connectivity index (χ3v) is 4.53. The van der Waals surface area contributed by atoms with Crippen molar-refractivity contribution in [3.05, 3.63) is 63.6 Å². The fourth-order valence-corrected chi connectivity index (χ4v) is 3.24. The zero-order valence-corrected chi connectivity index (χ0v) is 16.1. The molecule has 0 aliphatic heterocycles. The van der Waals surface area contributed by atoms with Gasteiger partial charge >= 0.3 is 0 Å². The Bertz CT molecular complexity index is 737. The summed E-state index contributed by atoms with van der Waals surface area (Å²) in [5.74, 6) is 0.736. The molecule has 1 unspecified atom stereocenters. The van der Waals surface area contributed by atoms with Gasteiger partial charge in [-0.15, -0.1) is 0 Å². The minimum absolute atomic E-state index is 0.0362. The van der Waals surface area contributed by atoms with E-state index in [2.05, 4.69) is 5.32 Å². The van der Waals surface area contributed by atoms with Crippen LogP contribution in [0, 0.1) is 0 Å². The Morgan fingerprint density at radius 2 is 1.96 bits per heavy atom. The van der Waals surface area contributed by atoms with Crippen molar-refractivity contribution in [3.63, 3.8) is 0 Å². The predicted octanol–water partition coefficient (Wildman–Crippen LogP) is 2.89. The van der Waals surface area contributed by atoms with Crippen LogP contribution in [0.15, 0.2) is 42.5 Å². The minimum Gasteiger partial charge on any atom is -0.496 e. The Hall–Kier alpha value is -1.75. The molecule has 0 saturated heterocycles. The second-order valence-corrected chi connectivity index (χ2v) is 6.92. The molecule has 25 heavy (non-hydrogen) atoms. The number of methoxy groups -OCH3 is 1. The van der Waals surface area contributed by atoms with Gasteiger partial charge in [0, 0.05) is 15.6 Å². The first-order valence-electron chi connectivity index (χ1n) is 8.08. The average Bonchev–Trinajstić information content (AvgIpc) is 2.55. The average molecular weight is 382 g/mol. The highest BCUT2D eigenvalue weighted by Crippen LogP contribution is 2.22. The van der Waals surface area contributed by atoms with Crippen LogP contribution < -0.4 is 15.0 Å². The van der Waals surface area contributed by atoms with Crippen molar-refractivity contribution in [1.29, 1.82) is 0 Å². The van der Waals surface area contributed by atoms with Crippen LogP contribution in [-0.2, 0) is 11.3 Å². The molecule has 0 spiro atoms. The van der Waals surface area contributed by atoms with Crippen LogP contribution in [0.1, 0.15) is 24.1 Å². The molecule has 2 aromatic rings. The molecule has 2 N–H and O–H groups in total. The molecule has 0 aliphatic carbocycles. The number of quaternary nitrogens is 1. The lowest BCUT2D eigenvalue weighted by molar-refractivity contribution is -0.885. The molecular formula is C19H23Cl2N2O2+. The highest BCUT2D eigenvalue weighted by atomic mass is 35.5. The van der Waals surface area contributed by atoms with Crippen molar-refractivity contribution in [2.75, 3.05) is 20.7 Å². The summed E-state index contributed by atoms with van der Waals surface area (Å²) < 4.78 is 5.35. The van der Waals surface area contributed by atoms with E-state index in [1.54, 1.807) is 13.2 Å². The first-order chi connectivity index (χ1) is 11.9. The molecule has 134 valence electrons. The van der Waals surface area contributed by atoms with Gasteiger partial charge in [-0.2, -0.15) is 0 Å². The van der Waals surface area contributed by atoms with Gasteiger partial charge in [0.15, 0.2) is 6.54 Å². The van der Waals surface area contributed by atoms with Crippen molar-refractivity contribution < 1.29 is 14.4 Å². The predicted molar refractivity (Wildman–Crippen MR) is 101 cm³/mol. The molecule has 0 bridgehead atoms. The van der Waals surface area contributed by atoms with Crippen LogP contribution in [0.4, 0.5) is 0 Å². The molecule has 0 saturated carbocycles. The first kappa shape index (κ1) is 19.6. The maximum absolute atomic E-state index is 12.3. The molecule has 4 nitrogen and oxygen atoms in total. The lowest BCUT2D eigenvalue weighted by Crippen LogP contribution is -3.08. The van der Waals surface area contributed by atoms with Crippen molar-refractivity contribution >= 4 is 29.1 Å². The molecule has 2 rings (SSSR count). The van der Waals surface area contributed by atoms with Gasteiger partial charge in [0.1, 0.15) is 12.3 Å². The number of benzene rings is 2. The third-order valence-electron chi connectivity index (χ3n) is 3.95. The maximum Gasteiger partial charge on any atom is 0.275 e. The van der Waals surface area contributed by atoms with E-state index in [0.29, 0.717) is 23.1 Å². The highest BCUT2D eigenvalue weighted by Gasteiger charge is 2.17. The van der Waals surface area contributed by atoms with Crippen LogP contribution in [-0.4, -0.2) is 26.6 Å². The number of amides is 1. The van der Waals surface area contributed by atoms with Gasteiger partial charge in [-0.3, -0.25) is 4.79 Å². The molecule has 0 heterocycles. The highest BCUT2D eigenvalue weighted by molar-refractivity contribution is 6.31. The molecule has 1 amide bonds. The number of ether oxygens (including phenoxy) is 1. The lowest BCUT2D eigenvalue weighted by atomic mass is 10.1.